The number of anilines is 1. The van der Waals surface area contributed by atoms with Crippen LogP contribution in [0.4, 0.5) is 5.69 Å². The molecule has 0 amide bonds. The molecule has 17 heavy (non-hydrogen) atoms. The lowest BCUT2D eigenvalue weighted by atomic mass is 10.2. The fourth-order valence-corrected chi connectivity index (χ4v) is 1.88. The van der Waals surface area contributed by atoms with Gasteiger partial charge in [-0.3, -0.25) is 0 Å². The SMILES string of the molecule is Nc1ccc2oc(-c3cccc(Cl)c3)nc2c1. The fraction of sp³-hybridized carbons (Fsp3) is 0. The van der Waals surface area contributed by atoms with E-state index in [1.54, 1.807) is 12.1 Å². The summed E-state index contributed by atoms with van der Waals surface area (Å²) < 4.78 is 5.64. The Kier molecular flexibility index (Phi) is 2.27. The summed E-state index contributed by atoms with van der Waals surface area (Å²) >= 11 is 5.93. The maximum Gasteiger partial charge on any atom is 0.227 e. The zero-order valence-corrected chi connectivity index (χ0v) is 9.61. The molecule has 0 radical (unpaired) electrons. The fourth-order valence-electron chi connectivity index (χ4n) is 1.69. The van der Waals surface area contributed by atoms with E-state index in [4.69, 9.17) is 21.8 Å². The topological polar surface area (TPSA) is 52.0 Å². The van der Waals surface area contributed by atoms with Crippen LogP contribution in [0.1, 0.15) is 0 Å². The molecular weight excluding hydrogens is 236 g/mol. The van der Waals surface area contributed by atoms with Gasteiger partial charge < -0.3 is 10.2 Å². The first-order chi connectivity index (χ1) is 8.22. The lowest BCUT2D eigenvalue weighted by molar-refractivity contribution is 0.620. The second kappa shape index (κ2) is 3.79. The van der Waals surface area contributed by atoms with Crippen molar-refractivity contribution < 1.29 is 4.42 Å². The van der Waals surface area contributed by atoms with Crippen LogP contribution in [-0.2, 0) is 0 Å². The molecule has 2 N–H and O–H groups in total. The molecule has 2 aromatic carbocycles. The molecule has 1 heterocycles. The van der Waals surface area contributed by atoms with Crippen LogP contribution < -0.4 is 5.73 Å². The molecule has 0 saturated carbocycles. The summed E-state index contributed by atoms with van der Waals surface area (Å²) in [6.07, 6.45) is 0. The second-order valence-electron chi connectivity index (χ2n) is 3.76. The zero-order valence-electron chi connectivity index (χ0n) is 8.85. The van der Waals surface area contributed by atoms with Crippen LogP contribution in [0.5, 0.6) is 0 Å². The van der Waals surface area contributed by atoms with Crippen molar-refractivity contribution in [1.29, 1.82) is 0 Å². The highest BCUT2D eigenvalue weighted by Crippen LogP contribution is 2.26. The van der Waals surface area contributed by atoms with E-state index in [9.17, 15) is 0 Å². The molecule has 0 bridgehead atoms. The zero-order chi connectivity index (χ0) is 11.8. The van der Waals surface area contributed by atoms with Crippen molar-refractivity contribution in [3.05, 3.63) is 47.5 Å². The molecule has 3 aromatic rings. The first kappa shape index (κ1) is 10.2. The molecule has 0 saturated heterocycles. The van der Waals surface area contributed by atoms with Gasteiger partial charge in [0.05, 0.1) is 0 Å². The minimum absolute atomic E-state index is 0.549. The summed E-state index contributed by atoms with van der Waals surface area (Å²) in [5, 5.41) is 0.657. The summed E-state index contributed by atoms with van der Waals surface area (Å²) in [6, 6.07) is 12.8. The van der Waals surface area contributed by atoms with Gasteiger partial charge in [0.1, 0.15) is 5.52 Å². The number of rotatable bonds is 1. The van der Waals surface area contributed by atoms with E-state index in [2.05, 4.69) is 4.98 Å². The van der Waals surface area contributed by atoms with Crippen molar-refractivity contribution in [2.45, 2.75) is 0 Å². The predicted octanol–water partition coefficient (Wildman–Crippen LogP) is 3.73. The molecule has 0 aliphatic carbocycles. The van der Waals surface area contributed by atoms with Crippen molar-refractivity contribution in [1.82, 2.24) is 4.98 Å². The first-order valence-corrected chi connectivity index (χ1v) is 5.52. The van der Waals surface area contributed by atoms with E-state index in [0.29, 0.717) is 22.2 Å². The Hall–Kier alpha value is -2.00. The van der Waals surface area contributed by atoms with Gasteiger partial charge in [-0.05, 0) is 36.4 Å². The molecule has 0 aliphatic heterocycles. The molecule has 4 heteroatoms. The molecule has 3 rings (SSSR count). The van der Waals surface area contributed by atoms with Crippen molar-refractivity contribution in [3.8, 4) is 11.5 Å². The number of aromatic nitrogens is 1. The van der Waals surface area contributed by atoms with Crippen LogP contribution in [-0.4, -0.2) is 4.98 Å². The number of nitrogens with zero attached hydrogens (tertiary/aromatic N) is 1. The summed E-state index contributed by atoms with van der Waals surface area (Å²) in [7, 11) is 0. The van der Waals surface area contributed by atoms with Gasteiger partial charge in [-0.1, -0.05) is 17.7 Å². The number of hydrogen-bond acceptors (Lipinski definition) is 3. The van der Waals surface area contributed by atoms with E-state index in [1.807, 2.05) is 30.3 Å². The van der Waals surface area contributed by atoms with Crippen LogP contribution in [0.3, 0.4) is 0 Å². The minimum Gasteiger partial charge on any atom is -0.436 e. The predicted molar refractivity (Wildman–Crippen MR) is 68.9 cm³/mol. The Labute approximate surface area is 103 Å². The second-order valence-corrected chi connectivity index (χ2v) is 4.19. The average Bonchev–Trinajstić information content (AvgIpc) is 2.72. The number of nitrogen functional groups attached to an aromatic ring is 1. The quantitative estimate of drug-likeness (QED) is 0.664. The Bertz CT molecular complexity index is 691. The van der Waals surface area contributed by atoms with E-state index >= 15 is 0 Å². The van der Waals surface area contributed by atoms with Crippen LogP contribution in [0, 0.1) is 0 Å². The maximum absolute atomic E-state index is 5.93. The van der Waals surface area contributed by atoms with Gasteiger partial charge in [-0.25, -0.2) is 4.98 Å². The van der Waals surface area contributed by atoms with Gasteiger partial charge >= 0.3 is 0 Å². The van der Waals surface area contributed by atoms with Crippen molar-refractivity contribution in [2.75, 3.05) is 5.73 Å². The number of nitrogens with two attached hydrogens (primary N) is 1. The minimum atomic E-state index is 0.549. The van der Waals surface area contributed by atoms with Crippen molar-refractivity contribution in [2.24, 2.45) is 0 Å². The number of halogens is 1. The normalized spacial score (nSPS) is 10.9. The van der Waals surface area contributed by atoms with Crippen LogP contribution in [0.15, 0.2) is 46.9 Å². The standard InChI is InChI=1S/C13H9ClN2O/c14-9-3-1-2-8(6-9)13-16-11-7-10(15)4-5-12(11)17-13/h1-7H,15H2. The molecule has 0 fully saturated rings. The molecule has 0 atom stereocenters. The third-order valence-corrected chi connectivity index (χ3v) is 2.72. The van der Waals surface area contributed by atoms with E-state index in [0.717, 1.165) is 11.1 Å². The molecule has 0 aliphatic rings. The van der Waals surface area contributed by atoms with Crippen molar-refractivity contribution in [3.63, 3.8) is 0 Å². The molecule has 0 spiro atoms. The number of oxazole rings is 1. The van der Waals surface area contributed by atoms with E-state index in [-0.39, 0.29) is 0 Å². The third kappa shape index (κ3) is 1.85. The lowest BCUT2D eigenvalue weighted by Gasteiger charge is -1.94. The van der Waals surface area contributed by atoms with E-state index < -0.39 is 0 Å². The monoisotopic (exact) mass is 244 g/mol. The molecule has 1 aromatic heterocycles. The highest BCUT2D eigenvalue weighted by molar-refractivity contribution is 6.30. The average molecular weight is 245 g/mol. The molecule has 0 unspecified atom stereocenters. The maximum atomic E-state index is 5.93. The Morgan fingerprint density at radius 1 is 1.12 bits per heavy atom. The summed E-state index contributed by atoms with van der Waals surface area (Å²) in [5.74, 6) is 0.549. The number of hydrogen-bond donors (Lipinski definition) is 1. The number of fused-ring (bicyclic) bond motifs is 1. The summed E-state index contributed by atoms with van der Waals surface area (Å²) in [4.78, 5) is 4.38. The van der Waals surface area contributed by atoms with Gasteiger partial charge in [0.15, 0.2) is 5.58 Å². The smallest absolute Gasteiger partial charge is 0.227 e. The highest BCUT2D eigenvalue weighted by atomic mass is 35.5. The summed E-state index contributed by atoms with van der Waals surface area (Å²) in [5.41, 5.74) is 8.68. The van der Waals surface area contributed by atoms with Gasteiger partial charge in [-0.2, -0.15) is 0 Å². The van der Waals surface area contributed by atoms with Gasteiger partial charge in [0, 0.05) is 16.3 Å². The molecule has 3 nitrogen and oxygen atoms in total. The van der Waals surface area contributed by atoms with Crippen LogP contribution >= 0.6 is 11.6 Å². The van der Waals surface area contributed by atoms with Crippen LogP contribution in [0.25, 0.3) is 22.6 Å². The molecular formula is C13H9ClN2O. The largest absolute Gasteiger partial charge is 0.436 e. The molecule has 84 valence electrons. The Morgan fingerprint density at radius 3 is 2.82 bits per heavy atom. The number of benzene rings is 2. The Balaban J connectivity index is 2.18. The van der Waals surface area contributed by atoms with Gasteiger partial charge in [0.25, 0.3) is 0 Å². The van der Waals surface area contributed by atoms with Crippen molar-refractivity contribution >= 4 is 28.4 Å². The third-order valence-electron chi connectivity index (χ3n) is 2.48. The van der Waals surface area contributed by atoms with Gasteiger partial charge in [0.2, 0.25) is 5.89 Å². The highest BCUT2D eigenvalue weighted by Gasteiger charge is 2.08. The van der Waals surface area contributed by atoms with Crippen LogP contribution in [0.2, 0.25) is 5.02 Å². The first-order valence-electron chi connectivity index (χ1n) is 5.14. The summed E-state index contributed by atoms with van der Waals surface area (Å²) in [6.45, 7) is 0. The lowest BCUT2D eigenvalue weighted by Crippen LogP contribution is -1.82. The van der Waals surface area contributed by atoms with E-state index in [1.165, 1.54) is 0 Å². The Morgan fingerprint density at radius 2 is 2.00 bits per heavy atom. The van der Waals surface area contributed by atoms with Gasteiger partial charge in [-0.15, -0.1) is 0 Å².